The van der Waals surface area contributed by atoms with Crippen LogP contribution in [-0.4, -0.2) is 18.1 Å². The molecule has 0 bridgehead atoms. The van der Waals surface area contributed by atoms with Crippen LogP contribution in [0, 0.1) is 0 Å². The Morgan fingerprint density at radius 2 is 0.778 bits per heavy atom. The predicted molar refractivity (Wildman–Crippen MR) is 116 cm³/mol. The first kappa shape index (κ1) is 27.1. The second-order valence-corrected chi connectivity index (χ2v) is 9.25. The Morgan fingerprint density at radius 3 is 1.07 bits per heavy atom. The van der Waals surface area contributed by atoms with Gasteiger partial charge in [0.2, 0.25) is 0 Å². The quantitative estimate of drug-likeness (QED) is 0.145. The summed E-state index contributed by atoms with van der Waals surface area (Å²) in [7, 11) is -3.84. The molecular weight excluding hydrogens is 359 g/mol. The molecule has 0 heterocycles. The minimum Gasteiger partial charge on any atom is -0.302 e. The van der Waals surface area contributed by atoms with E-state index in [1.807, 2.05) is 0 Å². The van der Waals surface area contributed by atoms with Gasteiger partial charge in [0.25, 0.3) is 0 Å². The SMILES string of the molecule is CCCCCCCCCCCCCCOP(=O)(O)OCCCCCCCC. The molecule has 1 atom stereocenters. The summed E-state index contributed by atoms with van der Waals surface area (Å²) < 4.78 is 21.8. The predicted octanol–water partition coefficient (Wildman–Crippen LogP) is 8.18. The standard InChI is InChI=1S/C22H47O4P/c1-3-5-7-9-11-12-13-14-15-16-18-20-22-26-27(23,24)25-21-19-17-10-8-6-4-2/h3-22H2,1-2H3,(H,23,24). The molecule has 0 aliphatic carbocycles. The first-order valence-corrected chi connectivity index (χ1v) is 13.2. The van der Waals surface area contributed by atoms with Gasteiger partial charge in [-0.15, -0.1) is 0 Å². The molecule has 1 unspecified atom stereocenters. The first-order valence-electron chi connectivity index (χ1n) is 11.7. The molecule has 27 heavy (non-hydrogen) atoms. The van der Waals surface area contributed by atoms with Crippen LogP contribution in [0.3, 0.4) is 0 Å². The molecule has 0 aliphatic heterocycles. The molecule has 0 aromatic carbocycles. The van der Waals surface area contributed by atoms with Gasteiger partial charge in [0.1, 0.15) is 0 Å². The van der Waals surface area contributed by atoms with Gasteiger partial charge in [0.15, 0.2) is 0 Å². The summed E-state index contributed by atoms with van der Waals surface area (Å²) in [5.41, 5.74) is 0. The van der Waals surface area contributed by atoms with E-state index < -0.39 is 7.82 Å². The third kappa shape index (κ3) is 22.3. The number of phosphoric ester groups is 1. The van der Waals surface area contributed by atoms with Crippen LogP contribution in [-0.2, 0) is 13.6 Å². The Bertz CT molecular complexity index is 336. The van der Waals surface area contributed by atoms with Crippen molar-refractivity contribution in [1.29, 1.82) is 0 Å². The van der Waals surface area contributed by atoms with Crippen LogP contribution < -0.4 is 0 Å². The van der Waals surface area contributed by atoms with E-state index in [-0.39, 0.29) is 0 Å². The topological polar surface area (TPSA) is 55.8 Å². The van der Waals surface area contributed by atoms with Gasteiger partial charge in [-0.2, -0.15) is 0 Å². The minimum atomic E-state index is -3.84. The maximum atomic E-state index is 11.8. The first-order chi connectivity index (χ1) is 13.1. The average molecular weight is 407 g/mol. The average Bonchev–Trinajstić information content (AvgIpc) is 2.64. The molecule has 0 aromatic rings. The van der Waals surface area contributed by atoms with Crippen LogP contribution in [0.4, 0.5) is 0 Å². The Kier molecular flexibility index (Phi) is 20.9. The van der Waals surface area contributed by atoms with Crippen molar-refractivity contribution in [3.8, 4) is 0 Å². The molecule has 0 spiro atoms. The van der Waals surface area contributed by atoms with Gasteiger partial charge < -0.3 is 4.89 Å². The number of unbranched alkanes of at least 4 members (excludes halogenated alkanes) is 16. The summed E-state index contributed by atoms with van der Waals surface area (Å²) in [5.74, 6) is 0. The van der Waals surface area contributed by atoms with Gasteiger partial charge in [-0.1, -0.05) is 117 Å². The van der Waals surface area contributed by atoms with Crippen molar-refractivity contribution < 1.29 is 18.5 Å². The lowest BCUT2D eigenvalue weighted by atomic mass is 10.1. The van der Waals surface area contributed by atoms with Gasteiger partial charge in [0.05, 0.1) is 13.2 Å². The molecule has 1 N–H and O–H groups in total. The number of hydrogen-bond donors (Lipinski definition) is 1. The highest BCUT2D eigenvalue weighted by Gasteiger charge is 2.19. The van der Waals surface area contributed by atoms with E-state index in [4.69, 9.17) is 9.05 Å². The summed E-state index contributed by atoms with van der Waals surface area (Å²) in [6, 6.07) is 0. The van der Waals surface area contributed by atoms with Gasteiger partial charge in [-0.05, 0) is 12.8 Å². The fourth-order valence-electron chi connectivity index (χ4n) is 3.22. The molecule has 164 valence electrons. The Hall–Kier alpha value is 0.110. The van der Waals surface area contributed by atoms with E-state index in [1.54, 1.807) is 0 Å². The van der Waals surface area contributed by atoms with E-state index in [2.05, 4.69) is 13.8 Å². The minimum absolute atomic E-state index is 0.318. The fraction of sp³-hybridized carbons (Fsp3) is 1.00. The molecule has 0 saturated carbocycles. The molecular formula is C22H47O4P. The van der Waals surface area contributed by atoms with Crippen LogP contribution in [0.15, 0.2) is 0 Å². The lowest BCUT2D eigenvalue weighted by molar-refractivity contribution is 0.145. The molecule has 0 rings (SSSR count). The normalized spacial score (nSPS) is 13.7. The zero-order chi connectivity index (χ0) is 20.1. The Labute approximate surface area is 169 Å². The summed E-state index contributed by atoms with van der Waals surface area (Å²) in [4.78, 5) is 9.64. The summed E-state index contributed by atoms with van der Waals surface area (Å²) in [6.45, 7) is 5.09. The van der Waals surface area contributed by atoms with Gasteiger partial charge in [-0.25, -0.2) is 4.57 Å². The summed E-state index contributed by atoms with van der Waals surface area (Å²) in [6.07, 6.45) is 22.1. The second-order valence-electron chi connectivity index (χ2n) is 7.79. The molecule has 0 amide bonds. The van der Waals surface area contributed by atoms with Crippen LogP contribution in [0.5, 0.6) is 0 Å². The van der Waals surface area contributed by atoms with Crippen molar-refractivity contribution in [2.75, 3.05) is 13.2 Å². The smallest absolute Gasteiger partial charge is 0.302 e. The van der Waals surface area contributed by atoms with Crippen molar-refractivity contribution in [3.05, 3.63) is 0 Å². The molecule has 0 saturated heterocycles. The monoisotopic (exact) mass is 406 g/mol. The number of rotatable bonds is 22. The van der Waals surface area contributed by atoms with E-state index >= 15 is 0 Å². The maximum Gasteiger partial charge on any atom is 0.472 e. The third-order valence-corrected chi connectivity index (χ3v) is 6.02. The molecule has 4 nitrogen and oxygen atoms in total. The Morgan fingerprint density at radius 1 is 0.519 bits per heavy atom. The molecule has 0 fully saturated rings. The lowest BCUT2D eigenvalue weighted by Gasteiger charge is -2.12. The maximum absolute atomic E-state index is 11.8. The van der Waals surface area contributed by atoms with E-state index in [0.717, 1.165) is 25.7 Å². The molecule has 5 heteroatoms. The van der Waals surface area contributed by atoms with Gasteiger partial charge >= 0.3 is 7.82 Å². The Balaban J connectivity index is 3.29. The van der Waals surface area contributed by atoms with Crippen LogP contribution in [0.2, 0.25) is 0 Å². The van der Waals surface area contributed by atoms with Gasteiger partial charge in [0, 0.05) is 0 Å². The van der Waals surface area contributed by atoms with Crippen molar-refractivity contribution in [3.63, 3.8) is 0 Å². The van der Waals surface area contributed by atoms with Crippen molar-refractivity contribution in [2.24, 2.45) is 0 Å². The highest BCUT2D eigenvalue weighted by Crippen LogP contribution is 2.43. The molecule has 0 aliphatic rings. The van der Waals surface area contributed by atoms with Crippen LogP contribution in [0.1, 0.15) is 129 Å². The van der Waals surface area contributed by atoms with E-state index in [0.29, 0.717) is 13.2 Å². The highest BCUT2D eigenvalue weighted by atomic mass is 31.2. The van der Waals surface area contributed by atoms with Crippen molar-refractivity contribution >= 4 is 7.82 Å². The number of hydrogen-bond acceptors (Lipinski definition) is 3. The fourth-order valence-corrected chi connectivity index (χ4v) is 4.02. The summed E-state index contributed by atoms with van der Waals surface area (Å²) in [5, 5.41) is 0. The van der Waals surface area contributed by atoms with Crippen LogP contribution >= 0.6 is 7.82 Å². The number of phosphoric acid groups is 1. The largest absolute Gasteiger partial charge is 0.472 e. The second kappa shape index (κ2) is 20.8. The molecule has 0 aromatic heterocycles. The third-order valence-electron chi connectivity index (χ3n) is 5.00. The van der Waals surface area contributed by atoms with E-state index in [1.165, 1.54) is 89.9 Å². The van der Waals surface area contributed by atoms with E-state index in [9.17, 15) is 9.46 Å². The zero-order valence-corrected chi connectivity index (χ0v) is 19.2. The zero-order valence-electron chi connectivity index (χ0n) is 18.3. The molecule has 0 radical (unpaired) electrons. The van der Waals surface area contributed by atoms with Crippen LogP contribution in [0.25, 0.3) is 0 Å². The van der Waals surface area contributed by atoms with Crippen molar-refractivity contribution in [2.45, 2.75) is 129 Å². The summed E-state index contributed by atoms with van der Waals surface area (Å²) >= 11 is 0. The lowest BCUT2D eigenvalue weighted by Crippen LogP contribution is -1.99. The highest BCUT2D eigenvalue weighted by molar-refractivity contribution is 7.47. The van der Waals surface area contributed by atoms with Crippen molar-refractivity contribution in [1.82, 2.24) is 0 Å². The van der Waals surface area contributed by atoms with Gasteiger partial charge in [-0.3, -0.25) is 9.05 Å².